The Hall–Kier alpha value is -1.07. The smallest absolute Gasteiger partial charge is 0.214 e. The summed E-state index contributed by atoms with van der Waals surface area (Å²) in [6.45, 7) is 0.106. The normalized spacial score (nSPS) is 10.2. The Balaban J connectivity index is 2.64. The van der Waals surface area contributed by atoms with Crippen molar-refractivity contribution in [3.05, 3.63) is 11.8 Å². The van der Waals surface area contributed by atoms with Gasteiger partial charge in [0.15, 0.2) is 6.79 Å². The van der Waals surface area contributed by atoms with Crippen molar-refractivity contribution in [3.8, 4) is 5.88 Å². The molecule has 68 valence electrons. The van der Waals surface area contributed by atoms with Crippen LogP contribution in [0.3, 0.4) is 0 Å². The molecule has 0 spiro atoms. The third kappa shape index (κ3) is 1.96. The first-order valence-electron chi connectivity index (χ1n) is 3.53. The molecule has 5 heteroatoms. The predicted octanol–water partition coefficient (Wildman–Crippen LogP) is -0.105. The topological polar surface area (TPSA) is 56.5 Å². The predicted molar refractivity (Wildman–Crippen MR) is 41.6 cm³/mol. The highest BCUT2D eigenvalue weighted by atomic mass is 16.7. The molecule has 1 N–H and O–H groups in total. The quantitative estimate of drug-likeness (QED) is 0.644. The Morgan fingerprint density at radius 3 is 2.92 bits per heavy atom. The van der Waals surface area contributed by atoms with Gasteiger partial charge < -0.3 is 14.6 Å². The summed E-state index contributed by atoms with van der Waals surface area (Å²) in [5.74, 6) is 0.584. The molecule has 0 saturated carbocycles. The first-order valence-corrected chi connectivity index (χ1v) is 3.53. The summed E-state index contributed by atoms with van der Waals surface area (Å²) in [6.07, 6.45) is 0. The molecule has 0 amide bonds. The average molecular weight is 172 g/mol. The van der Waals surface area contributed by atoms with Crippen LogP contribution in [-0.4, -0.2) is 28.8 Å². The van der Waals surface area contributed by atoms with Gasteiger partial charge in [-0.15, -0.1) is 0 Å². The van der Waals surface area contributed by atoms with Crippen LogP contribution in [0.4, 0.5) is 0 Å². The molecule has 5 nitrogen and oxygen atoms in total. The van der Waals surface area contributed by atoms with E-state index in [1.165, 1.54) is 0 Å². The number of hydrogen-bond acceptors (Lipinski definition) is 4. The molecule has 0 fully saturated rings. The highest BCUT2D eigenvalue weighted by Gasteiger charge is 2.03. The standard InChI is InChI=1S/C7H12N2O3/c1-9-7(12-5-11-2)3-6(4-10)8-9/h3,10H,4-5H2,1-2H3. The molecule has 0 atom stereocenters. The molecule has 0 aromatic carbocycles. The fourth-order valence-corrected chi connectivity index (χ4v) is 0.838. The summed E-state index contributed by atoms with van der Waals surface area (Å²) in [5.41, 5.74) is 0.587. The number of nitrogens with zero attached hydrogens (tertiary/aromatic N) is 2. The average Bonchev–Trinajstić information content (AvgIpc) is 2.43. The molecule has 0 saturated heterocycles. The van der Waals surface area contributed by atoms with Gasteiger partial charge in [0.2, 0.25) is 5.88 Å². The summed E-state index contributed by atoms with van der Waals surface area (Å²) in [4.78, 5) is 0. The lowest BCUT2D eigenvalue weighted by Gasteiger charge is -2.02. The van der Waals surface area contributed by atoms with E-state index < -0.39 is 0 Å². The minimum atomic E-state index is -0.0792. The van der Waals surface area contributed by atoms with Crippen molar-refractivity contribution in [2.75, 3.05) is 13.9 Å². The molecular weight excluding hydrogens is 160 g/mol. The van der Waals surface area contributed by atoms with Crippen molar-refractivity contribution in [2.45, 2.75) is 6.61 Å². The first kappa shape index (κ1) is 9.02. The van der Waals surface area contributed by atoms with Gasteiger partial charge in [-0.1, -0.05) is 0 Å². The van der Waals surface area contributed by atoms with E-state index in [9.17, 15) is 0 Å². The van der Waals surface area contributed by atoms with E-state index in [1.807, 2.05) is 0 Å². The van der Waals surface area contributed by atoms with Gasteiger partial charge >= 0.3 is 0 Å². The number of methoxy groups -OCH3 is 1. The van der Waals surface area contributed by atoms with Crippen LogP contribution in [0.2, 0.25) is 0 Å². The van der Waals surface area contributed by atoms with E-state index in [4.69, 9.17) is 14.6 Å². The Bertz CT molecular complexity index is 247. The van der Waals surface area contributed by atoms with Crippen molar-refractivity contribution in [3.63, 3.8) is 0 Å². The van der Waals surface area contributed by atoms with Gasteiger partial charge in [-0.05, 0) is 0 Å². The van der Waals surface area contributed by atoms with Gasteiger partial charge in [-0.2, -0.15) is 5.10 Å². The van der Waals surface area contributed by atoms with Gasteiger partial charge in [0.05, 0.1) is 12.3 Å². The molecule has 0 aliphatic heterocycles. The summed E-state index contributed by atoms with van der Waals surface area (Å²) in [5, 5.41) is 12.7. The van der Waals surface area contributed by atoms with Crippen molar-refractivity contribution in [2.24, 2.45) is 7.05 Å². The molecule has 1 rings (SSSR count). The van der Waals surface area contributed by atoms with Crippen molar-refractivity contribution >= 4 is 0 Å². The minimum Gasteiger partial charge on any atom is -0.451 e. The Morgan fingerprint density at radius 1 is 1.67 bits per heavy atom. The number of ether oxygens (including phenoxy) is 2. The van der Waals surface area contributed by atoms with Crippen LogP contribution in [0.5, 0.6) is 5.88 Å². The van der Waals surface area contributed by atoms with Crippen LogP contribution in [0, 0.1) is 0 Å². The highest BCUT2D eigenvalue weighted by Crippen LogP contribution is 2.11. The fraction of sp³-hybridized carbons (Fsp3) is 0.571. The lowest BCUT2D eigenvalue weighted by atomic mass is 10.5. The molecule has 1 aromatic rings. The van der Waals surface area contributed by atoms with Crippen LogP contribution in [-0.2, 0) is 18.4 Å². The number of aliphatic hydroxyl groups excluding tert-OH is 1. The van der Waals surface area contributed by atoms with E-state index in [2.05, 4.69) is 5.10 Å². The maximum Gasteiger partial charge on any atom is 0.214 e. The van der Waals surface area contributed by atoms with Gasteiger partial charge in [-0.25, -0.2) is 4.68 Å². The van der Waals surface area contributed by atoms with Crippen LogP contribution in [0.25, 0.3) is 0 Å². The molecule has 1 aromatic heterocycles. The summed E-state index contributed by atoms with van der Waals surface area (Å²) >= 11 is 0. The molecule has 0 aliphatic rings. The van der Waals surface area contributed by atoms with E-state index >= 15 is 0 Å². The third-order valence-corrected chi connectivity index (χ3v) is 1.37. The highest BCUT2D eigenvalue weighted by molar-refractivity contribution is 5.14. The van der Waals surface area contributed by atoms with Gasteiger partial charge in [0.1, 0.15) is 0 Å². The number of hydrogen-bond donors (Lipinski definition) is 1. The molecule has 0 bridgehead atoms. The Morgan fingerprint density at radius 2 is 2.42 bits per heavy atom. The number of rotatable bonds is 4. The maximum absolute atomic E-state index is 8.74. The number of aromatic nitrogens is 2. The van der Waals surface area contributed by atoms with E-state index in [1.54, 1.807) is 24.9 Å². The summed E-state index contributed by atoms with van der Waals surface area (Å²) in [7, 11) is 3.29. The molecule has 0 unspecified atom stereocenters. The molecule has 12 heavy (non-hydrogen) atoms. The summed E-state index contributed by atoms with van der Waals surface area (Å²) in [6, 6.07) is 1.67. The van der Waals surface area contributed by atoms with Crippen molar-refractivity contribution < 1.29 is 14.6 Å². The molecule has 1 heterocycles. The second kappa shape index (κ2) is 4.08. The molecule has 0 aliphatic carbocycles. The zero-order valence-corrected chi connectivity index (χ0v) is 7.15. The zero-order valence-electron chi connectivity index (χ0n) is 7.15. The van der Waals surface area contributed by atoms with E-state index in [0.29, 0.717) is 11.6 Å². The first-order chi connectivity index (χ1) is 5.77. The van der Waals surface area contributed by atoms with Gasteiger partial charge in [0, 0.05) is 20.2 Å². The van der Waals surface area contributed by atoms with Crippen molar-refractivity contribution in [1.82, 2.24) is 9.78 Å². The second-order valence-corrected chi connectivity index (χ2v) is 2.31. The summed E-state index contributed by atoms with van der Waals surface area (Å²) < 4.78 is 11.4. The van der Waals surface area contributed by atoms with Crippen LogP contribution in [0.15, 0.2) is 6.07 Å². The van der Waals surface area contributed by atoms with Crippen molar-refractivity contribution in [1.29, 1.82) is 0 Å². The lowest BCUT2D eigenvalue weighted by Crippen LogP contribution is -2.03. The number of aliphatic hydroxyl groups is 1. The minimum absolute atomic E-state index is 0.0792. The van der Waals surface area contributed by atoms with Crippen LogP contribution >= 0.6 is 0 Å². The van der Waals surface area contributed by atoms with E-state index in [-0.39, 0.29) is 13.4 Å². The lowest BCUT2D eigenvalue weighted by molar-refractivity contribution is 0.0448. The Kier molecular flexibility index (Phi) is 3.07. The Labute approximate surface area is 70.5 Å². The number of aryl methyl sites for hydroxylation is 1. The molecular formula is C7H12N2O3. The SMILES string of the molecule is COCOc1cc(CO)nn1C. The molecule has 0 radical (unpaired) electrons. The maximum atomic E-state index is 8.74. The third-order valence-electron chi connectivity index (χ3n) is 1.37. The van der Waals surface area contributed by atoms with Gasteiger partial charge in [0.25, 0.3) is 0 Å². The van der Waals surface area contributed by atoms with Crippen LogP contribution in [0.1, 0.15) is 5.69 Å². The second-order valence-electron chi connectivity index (χ2n) is 2.31. The largest absolute Gasteiger partial charge is 0.451 e. The fourth-order valence-electron chi connectivity index (χ4n) is 0.838. The zero-order chi connectivity index (χ0) is 8.97. The monoisotopic (exact) mass is 172 g/mol. The van der Waals surface area contributed by atoms with Gasteiger partial charge in [-0.3, -0.25) is 0 Å². The van der Waals surface area contributed by atoms with Crippen LogP contribution < -0.4 is 4.74 Å². The van der Waals surface area contributed by atoms with E-state index in [0.717, 1.165) is 0 Å².